The molecule has 1 atom stereocenters. The number of allylic oxidation sites excluding steroid dienone is 1. The maximum absolute atomic E-state index is 5.57. The summed E-state index contributed by atoms with van der Waals surface area (Å²) >= 11 is 7.47. The minimum atomic E-state index is 0.556. The van der Waals surface area contributed by atoms with Gasteiger partial charge in [-0.05, 0) is 36.3 Å². The van der Waals surface area contributed by atoms with Gasteiger partial charge in [0.15, 0.2) is 0 Å². The molecule has 1 unspecified atom stereocenters. The van der Waals surface area contributed by atoms with E-state index in [4.69, 9.17) is 11.6 Å². The molecule has 1 aromatic heterocycles. The normalized spacial score (nSPS) is 20.7. The monoisotopic (exact) mass is 241 g/mol. The Labute approximate surface area is 100 Å². The van der Waals surface area contributed by atoms with E-state index in [9.17, 15) is 0 Å². The second-order valence-electron chi connectivity index (χ2n) is 3.78. The zero-order chi connectivity index (χ0) is 10.5. The third kappa shape index (κ3) is 2.83. The largest absolute Gasteiger partial charge is 0.306 e. The standard InChI is InChI=1S/C12H16ClNS/c13-7-1-2-8-14-11-4-3-5-12-10(11)6-9-15-12/h1-2,6,9,11,14H,3-5,7-8H2/b2-1+. The number of alkyl halides is 1. The van der Waals surface area contributed by atoms with Gasteiger partial charge in [0, 0.05) is 23.3 Å². The zero-order valence-corrected chi connectivity index (χ0v) is 10.3. The molecule has 0 radical (unpaired) electrons. The summed E-state index contributed by atoms with van der Waals surface area (Å²) in [6.45, 7) is 0.923. The minimum Gasteiger partial charge on any atom is -0.306 e. The van der Waals surface area contributed by atoms with Gasteiger partial charge in [-0.15, -0.1) is 22.9 Å². The Bertz CT molecular complexity index is 332. The summed E-state index contributed by atoms with van der Waals surface area (Å²) in [5, 5.41) is 5.77. The quantitative estimate of drug-likeness (QED) is 0.629. The van der Waals surface area contributed by atoms with Crippen LogP contribution in [0.25, 0.3) is 0 Å². The van der Waals surface area contributed by atoms with Gasteiger partial charge in [-0.3, -0.25) is 0 Å². The lowest BCUT2D eigenvalue weighted by Crippen LogP contribution is -2.24. The van der Waals surface area contributed by atoms with Crippen molar-refractivity contribution in [1.82, 2.24) is 5.32 Å². The first-order valence-corrected chi connectivity index (χ1v) is 6.84. The van der Waals surface area contributed by atoms with Crippen molar-refractivity contribution in [1.29, 1.82) is 0 Å². The molecule has 82 valence electrons. The van der Waals surface area contributed by atoms with Crippen LogP contribution < -0.4 is 5.32 Å². The fourth-order valence-corrected chi connectivity index (χ4v) is 3.17. The number of halogens is 1. The van der Waals surface area contributed by atoms with E-state index in [1.165, 1.54) is 24.8 Å². The predicted molar refractivity (Wildman–Crippen MR) is 67.9 cm³/mol. The molecule has 1 aromatic rings. The van der Waals surface area contributed by atoms with Crippen LogP contribution in [0.3, 0.4) is 0 Å². The van der Waals surface area contributed by atoms with Gasteiger partial charge in [0.25, 0.3) is 0 Å². The zero-order valence-electron chi connectivity index (χ0n) is 8.71. The first-order chi connectivity index (χ1) is 7.42. The van der Waals surface area contributed by atoms with Crippen molar-refractivity contribution >= 4 is 22.9 Å². The van der Waals surface area contributed by atoms with Crippen molar-refractivity contribution in [3.63, 3.8) is 0 Å². The van der Waals surface area contributed by atoms with Crippen molar-refractivity contribution in [2.24, 2.45) is 0 Å². The van der Waals surface area contributed by atoms with Gasteiger partial charge >= 0.3 is 0 Å². The van der Waals surface area contributed by atoms with Crippen molar-refractivity contribution < 1.29 is 0 Å². The number of fused-ring (bicyclic) bond motifs is 1. The highest BCUT2D eigenvalue weighted by atomic mass is 35.5. The first kappa shape index (κ1) is 11.2. The van der Waals surface area contributed by atoms with Crippen LogP contribution >= 0.6 is 22.9 Å². The fourth-order valence-electron chi connectivity index (χ4n) is 2.06. The molecule has 0 aliphatic heterocycles. The topological polar surface area (TPSA) is 12.0 Å². The molecule has 1 N–H and O–H groups in total. The van der Waals surface area contributed by atoms with Crippen LogP contribution in [0.5, 0.6) is 0 Å². The number of rotatable bonds is 4. The summed E-state index contributed by atoms with van der Waals surface area (Å²) in [7, 11) is 0. The second-order valence-corrected chi connectivity index (χ2v) is 5.09. The smallest absolute Gasteiger partial charge is 0.0404 e. The van der Waals surface area contributed by atoms with Gasteiger partial charge in [-0.25, -0.2) is 0 Å². The van der Waals surface area contributed by atoms with E-state index < -0.39 is 0 Å². The van der Waals surface area contributed by atoms with Crippen LogP contribution in [-0.4, -0.2) is 12.4 Å². The molecule has 2 rings (SSSR count). The molecule has 0 aromatic carbocycles. The molecule has 15 heavy (non-hydrogen) atoms. The minimum absolute atomic E-state index is 0.556. The van der Waals surface area contributed by atoms with Gasteiger partial charge in [-0.2, -0.15) is 0 Å². The average molecular weight is 242 g/mol. The predicted octanol–water partition coefficient (Wildman–Crippen LogP) is 3.51. The highest BCUT2D eigenvalue weighted by Gasteiger charge is 2.19. The molecule has 1 aliphatic rings. The Morgan fingerprint density at radius 2 is 2.47 bits per heavy atom. The Kier molecular flexibility index (Phi) is 4.24. The van der Waals surface area contributed by atoms with Crippen molar-refractivity contribution in [3.05, 3.63) is 34.0 Å². The average Bonchev–Trinajstić information content (AvgIpc) is 2.73. The van der Waals surface area contributed by atoms with E-state index in [-0.39, 0.29) is 0 Å². The van der Waals surface area contributed by atoms with Crippen LogP contribution in [0.4, 0.5) is 0 Å². The molecule has 0 saturated carbocycles. The summed E-state index contributed by atoms with van der Waals surface area (Å²) in [6, 6.07) is 2.82. The fraction of sp³-hybridized carbons (Fsp3) is 0.500. The van der Waals surface area contributed by atoms with E-state index >= 15 is 0 Å². The number of hydrogen-bond donors (Lipinski definition) is 1. The lowest BCUT2D eigenvalue weighted by atomic mass is 9.94. The molecule has 1 heterocycles. The summed E-state index contributed by atoms with van der Waals surface area (Å²) < 4.78 is 0. The van der Waals surface area contributed by atoms with E-state index in [0.717, 1.165) is 6.54 Å². The second kappa shape index (κ2) is 5.69. The van der Waals surface area contributed by atoms with E-state index in [2.05, 4.69) is 22.8 Å². The number of nitrogens with one attached hydrogen (secondary N) is 1. The molecule has 0 bridgehead atoms. The summed E-state index contributed by atoms with van der Waals surface area (Å²) in [6.07, 6.45) is 7.94. The summed E-state index contributed by atoms with van der Waals surface area (Å²) in [5.41, 5.74) is 1.52. The lowest BCUT2D eigenvalue weighted by Gasteiger charge is -2.23. The SMILES string of the molecule is ClC/C=C/CNC1CCCc2sccc21. The van der Waals surface area contributed by atoms with Crippen molar-refractivity contribution in [3.8, 4) is 0 Å². The van der Waals surface area contributed by atoms with Crippen LogP contribution in [0.1, 0.15) is 29.3 Å². The number of aryl methyl sites for hydroxylation is 1. The number of hydrogen-bond acceptors (Lipinski definition) is 2. The molecule has 3 heteroatoms. The lowest BCUT2D eigenvalue weighted by molar-refractivity contribution is 0.485. The van der Waals surface area contributed by atoms with E-state index in [1.54, 1.807) is 4.88 Å². The third-order valence-electron chi connectivity index (χ3n) is 2.79. The van der Waals surface area contributed by atoms with E-state index in [0.29, 0.717) is 11.9 Å². The molecule has 0 spiro atoms. The Balaban J connectivity index is 1.92. The summed E-state index contributed by atoms with van der Waals surface area (Å²) in [5.74, 6) is 0.607. The van der Waals surface area contributed by atoms with Gasteiger partial charge in [0.05, 0.1) is 0 Å². The molecule has 1 aliphatic carbocycles. The van der Waals surface area contributed by atoms with Gasteiger partial charge < -0.3 is 5.32 Å². The van der Waals surface area contributed by atoms with Crippen molar-refractivity contribution in [2.75, 3.05) is 12.4 Å². The molecule has 0 saturated heterocycles. The van der Waals surface area contributed by atoms with Crippen molar-refractivity contribution in [2.45, 2.75) is 25.3 Å². The van der Waals surface area contributed by atoms with E-state index in [1.807, 2.05) is 17.4 Å². The Morgan fingerprint density at radius 3 is 3.33 bits per heavy atom. The first-order valence-electron chi connectivity index (χ1n) is 5.42. The van der Waals surface area contributed by atoms with Crippen LogP contribution in [0.2, 0.25) is 0 Å². The molecule has 0 fully saturated rings. The van der Waals surface area contributed by atoms with Gasteiger partial charge in [0.1, 0.15) is 0 Å². The maximum atomic E-state index is 5.57. The van der Waals surface area contributed by atoms with Gasteiger partial charge in [-0.1, -0.05) is 12.2 Å². The van der Waals surface area contributed by atoms with Crippen LogP contribution in [0, 0.1) is 0 Å². The summed E-state index contributed by atoms with van der Waals surface area (Å²) in [4.78, 5) is 1.57. The highest BCUT2D eigenvalue weighted by molar-refractivity contribution is 7.10. The highest BCUT2D eigenvalue weighted by Crippen LogP contribution is 2.32. The number of thiophene rings is 1. The van der Waals surface area contributed by atoms with Crippen LogP contribution in [0.15, 0.2) is 23.6 Å². The molecule has 0 amide bonds. The Hall–Kier alpha value is -0.310. The molecular formula is C12H16ClNS. The molecular weight excluding hydrogens is 226 g/mol. The third-order valence-corrected chi connectivity index (χ3v) is 3.96. The van der Waals surface area contributed by atoms with Crippen LogP contribution in [-0.2, 0) is 6.42 Å². The maximum Gasteiger partial charge on any atom is 0.0404 e. The molecule has 1 nitrogen and oxygen atoms in total. The van der Waals surface area contributed by atoms with Gasteiger partial charge in [0.2, 0.25) is 0 Å². The Morgan fingerprint density at radius 1 is 1.53 bits per heavy atom.